The van der Waals surface area contributed by atoms with Gasteiger partial charge in [-0.05, 0) is 48.5 Å². The molecule has 2 rings (SSSR count). The van der Waals surface area contributed by atoms with Crippen LogP contribution in [0.5, 0.6) is 11.5 Å². The topological polar surface area (TPSA) is 117 Å². The van der Waals surface area contributed by atoms with Crippen molar-refractivity contribution in [2.24, 2.45) is 0 Å². The first-order chi connectivity index (χ1) is 18.0. The van der Waals surface area contributed by atoms with Crippen LogP contribution < -0.4 is 10.6 Å². The lowest BCUT2D eigenvalue weighted by atomic mass is 9.97. The van der Waals surface area contributed by atoms with Crippen molar-refractivity contribution in [3.63, 3.8) is 0 Å². The molecule has 8 nitrogen and oxygen atoms in total. The van der Waals surface area contributed by atoms with E-state index in [0.29, 0.717) is 0 Å². The maximum Gasteiger partial charge on any atom is 0.474 e. The van der Waals surface area contributed by atoms with E-state index in [4.69, 9.17) is 10.2 Å². The van der Waals surface area contributed by atoms with Gasteiger partial charge in [0.2, 0.25) is 0 Å². The van der Waals surface area contributed by atoms with Gasteiger partial charge in [0.05, 0.1) is 0 Å². The molecular weight excluding hydrogens is 592 g/mol. The predicted molar refractivity (Wildman–Crippen MR) is 106 cm³/mol. The third kappa shape index (κ3) is 5.83. The number of benzene rings is 2. The van der Waals surface area contributed by atoms with Gasteiger partial charge in [0, 0.05) is 11.4 Å². The van der Waals surface area contributed by atoms with Crippen LogP contribution in [0, 0.1) is 0 Å². The van der Waals surface area contributed by atoms with Gasteiger partial charge in [-0.2, -0.15) is 52.7 Å². The number of amides is 2. The first-order valence-corrected chi connectivity index (χ1v) is 9.83. The molecule has 0 heterocycles. The number of alkyl halides is 12. The van der Waals surface area contributed by atoms with Crippen LogP contribution in [0.25, 0.3) is 0 Å². The van der Waals surface area contributed by atoms with Gasteiger partial charge < -0.3 is 19.7 Å². The van der Waals surface area contributed by atoms with E-state index >= 15 is 0 Å². The number of halogens is 12. The summed E-state index contributed by atoms with van der Waals surface area (Å²) in [7, 11) is 0. The van der Waals surface area contributed by atoms with Crippen LogP contribution in [0.15, 0.2) is 48.5 Å². The summed E-state index contributed by atoms with van der Waals surface area (Å²) in [5, 5.41) is 20.5. The highest BCUT2D eigenvalue weighted by Gasteiger charge is 2.92. The highest BCUT2D eigenvalue weighted by Crippen LogP contribution is 2.60. The van der Waals surface area contributed by atoms with Crippen LogP contribution in [0.3, 0.4) is 0 Å². The third-order valence-corrected chi connectivity index (χ3v) is 4.58. The van der Waals surface area contributed by atoms with E-state index in [1.807, 2.05) is 0 Å². The summed E-state index contributed by atoms with van der Waals surface area (Å²) >= 11 is 0. The molecule has 40 heavy (non-hydrogen) atoms. The van der Waals surface area contributed by atoms with E-state index in [9.17, 15) is 62.3 Å². The molecule has 0 atom stereocenters. The highest BCUT2D eigenvalue weighted by atomic mass is 19.4. The molecule has 0 radical (unpaired) electrons. The average molecular weight is 604 g/mol. The molecule has 0 spiro atoms. The summed E-state index contributed by atoms with van der Waals surface area (Å²) < 4.78 is 172. The van der Waals surface area contributed by atoms with E-state index in [-0.39, 0.29) is 0 Å². The first kappa shape index (κ1) is 32.0. The second-order valence-electron chi connectivity index (χ2n) is 7.45. The Morgan fingerprint density at radius 2 is 0.750 bits per heavy atom. The number of phenolic OH excluding ortho intramolecular Hbond substituents is 2. The molecule has 0 aromatic heterocycles. The minimum atomic E-state index is -8.12. The smallest absolute Gasteiger partial charge is 0.474 e. The molecule has 0 aliphatic rings. The number of carbonyl (C=O) groups excluding carboxylic acids is 2. The molecule has 0 aliphatic heterocycles. The minimum Gasteiger partial charge on any atom is -0.508 e. The van der Waals surface area contributed by atoms with Crippen LogP contribution in [0.1, 0.15) is 0 Å². The molecule has 4 N–H and O–H groups in total. The number of hydrogen-bond donors (Lipinski definition) is 4. The van der Waals surface area contributed by atoms with Crippen molar-refractivity contribution in [3.8, 4) is 11.5 Å². The second kappa shape index (κ2) is 10.4. The fraction of sp³-hybridized carbons (Fsp3) is 0.300. The number of phenols is 2. The van der Waals surface area contributed by atoms with E-state index in [2.05, 4.69) is 9.47 Å². The second-order valence-corrected chi connectivity index (χ2v) is 7.45. The van der Waals surface area contributed by atoms with Gasteiger partial charge in [-0.25, -0.2) is 9.59 Å². The van der Waals surface area contributed by atoms with Gasteiger partial charge in [-0.3, -0.25) is 10.6 Å². The lowest BCUT2D eigenvalue weighted by Gasteiger charge is -2.39. The van der Waals surface area contributed by atoms with Crippen molar-refractivity contribution < 1.29 is 82.0 Å². The summed E-state index contributed by atoms with van der Waals surface area (Å²) in [6.45, 7) is 0. The third-order valence-electron chi connectivity index (χ3n) is 4.58. The molecule has 0 fully saturated rings. The minimum absolute atomic E-state index is 0.475. The Morgan fingerprint density at radius 3 is 1.00 bits per heavy atom. The van der Waals surface area contributed by atoms with Gasteiger partial charge in [-0.1, -0.05) is 0 Å². The zero-order valence-corrected chi connectivity index (χ0v) is 18.7. The number of anilines is 2. The van der Waals surface area contributed by atoms with Crippen molar-refractivity contribution in [2.45, 2.75) is 35.9 Å². The summed E-state index contributed by atoms with van der Waals surface area (Å²) in [6.07, 6.45) is -19.6. The first-order valence-electron chi connectivity index (χ1n) is 9.83. The van der Waals surface area contributed by atoms with Crippen molar-refractivity contribution in [3.05, 3.63) is 48.5 Å². The number of nitrogens with one attached hydrogen (secondary N) is 2. The zero-order chi connectivity index (χ0) is 30.9. The molecule has 2 amide bonds. The Labute approximate surface area is 213 Å². The summed E-state index contributed by atoms with van der Waals surface area (Å²) in [6, 6.07) is 6.01. The Morgan fingerprint density at radius 1 is 0.500 bits per heavy atom. The van der Waals surface area contributed by atoms with Crippen LogP contribution in [0.2, 0.25) is 0 Å². The SMILES string of the molecule is O=C(Nc1ccc(O)cc1)OC(F)(F)C(F)(F)C(F)(F)C(F)(F)C(F)(F)C(F)(F)OC(=O)Nc1ccc(O)cc1. The number of ether oxygens (including phenoxy) is 2. The Hall–Kier alpha value is -4.26. The normalized spacial score (nSPS) is 13.4. The quantitative estimate of drug-likeness (QED) is 0.189. The lowest BCUT2D eigenvalue weighted by molar-refractivity contribution is -0.465. The van der Waals surface area contributed by atoms with Crippen LogP contribution in [-0.4, -0.2) is 58.3 Å². The molecule has 0 saturated carbocycles. The number of hydrogen-bond acceptors (Lipinski definition) is 6. The van der Waals surface area contributed by atoms with Crippen molar-refractivity contribution in [2.75, 3.05) is 10.6 Å². The molecule has 0 aliphatic carbocycles. The molecule has 222 valence electrons. The molecule has 0 bridgehead atoms. The summed E-state index contributed by atoms with van der Waals surface area (Å²) in [4.78, 5) is 22.8. The number of carbonyl (C=O) groups is 2. The monoisotopic (exact) mass is 604 g/mol. The van der Waals surface area contributed by atoms with Gasteiger partial charge >= 0.3 is 48.1 Å². The summed E-state index contributed by atoms with van der Waals surface area (Å²) in [5.74, 6) is -32.8. The maximum absolute atomic E-state index is 13.9. The summed E-state index contributed by atoms with van der Waals surface area (Å²) in [5.41, 5.74) is -1.24. The van der Waals surface area contributed by atoms with Gasteiger partial charge in [0.15, 0.2) is 0 Å². The molecule has 2 aromatic carbocycles. The zero-order valence-electron chi connectivity index (χ0n) is 18.7. The van der Waals surface area contributed by atoms with Crippen LogP contribution in [0.4, 0.5) is 73.6 Å². The van der Waals surface area contributed by atoms with E-state index in [1.54, 1.807) is 0 Å². The average Bonchev–Trinajstić information content (AvgIpc) is 2.80. The molecule has 0 saturated heterocycles. The van der Waals surface area contributed by atoms with Gasteiger partial charge in [0.25, 0.3) is 0 Å². The number of rotatable bonds is 9. The predicted octanol–water partition coefficient (Wildman–Crippen LogP) is 6.62. The lowest BCUT2D eigenvalue weighted by Crippen LogP contribution is -2.71. The van der Waals surface area contributed by atoms with E-state index in [0.717, 1.165) is 48.5 Å². The van der Waals surface area contributed by atoms with E-state index in [1.165, 1.54) is 10.6 Å². The van der Waals surface area contributed by atoms with Crippen molar-refractivity contribution in [1.29, 1.82) is 0 Å². The van der Waals surface area contributed by atoms with Crippen molar-refractivity contribution in [1.82, 2.24) is 0 Å². The Kier molecular flexibility index (Phi) is 8.29. The molecular formula is C20H12F12N2O6. The number of aromatic hydroxyl groups is 2. The fourth-order valence-electron chi connectivity index (χ4n) is 2.50. The van der Waals surface area contributed by atoms with E-state index < -0.39 is 71.0 Å². The van der Waals surface area contributed by atoms with Gasteiger partial charge in [-0.15, -0.1) is 0 Å². The molecule has 0 unspecified atom stereocenters. The fourth-order valence-corrected chi connectivity index (χ4v) is 2.50. The van der Waals surface area contributed by atoms with Crippen LogP contribution in [-0.2, 0) is 9.47 Å². The molecule has 2 aromatic rings. The Bertz CT molecular complexity index is 1130. The standard InChI is InChI=1S/C20H12F12N2O6/c21-15(22,17(25,26)19(29,30)39-13(37)33-9-1-5-11(35)6-2-9)16(23,24)18(27,28)20(31,32)40-14(38)34-10-3-7-12(36)8-4-10/h1-8,35-36H,(H,33,37)(H,34,38). The van der Waals surface area contributed by atoms with Gasteiger partial charge in [0.1, 0.15) is 11.5 Å². The maximum atomic E-state index is 13.9. The largest absolute Gasteiger partial charge is 0.508 e. The Balaban J connectivity index is 2.28. The van der Waals surface area contributed by atoms with Crippen molar-refractivity contribution >= 4 is 23.6 Å². The molecule has 20 heteroatoms. The van der Waals surface area contributed by atoms with Crippen LogP contribution >= 0.6 is 0 Å². The highest BCUT2D eigenvalue weighted by molar-refractivity contribution is 5.85.